The number of anilines is 1. The van der Waals surface area contributed by atoms with E-state index in [1.807, 2.05) is 0 Å². The van der Waals surface area contributed by atoms with E-state index < -0.39 is 11.7 Å². The first-order chi connectivity index (χ1) is 11.5. The number of carbonyl (C=O) groups excluding carboxylic acids is 1. The van der Waals surface area contributed by atoms with E-state index in [2.05, 4.69) is 10.3 Å². The number of imidazole rings is 1. The number of carbonyl (C=O) groups is 1. The number of benzene rings is 2. The maximum Gasteiger partial charge on any atom is 0.257 e. The van der Waals surface area contributed by atoms with Gasteiger partial charge in [-0.15, -0.1) is 0 Å². The van der Waals surface area contributed by atoms with Gasteiger partial charge in [0.25, 0.3) is 5.91 Å². The van der Waals surface area contributed by atoms with Gasteiger partial charge < -0.3 is 9.88 Å². The van der Waals surface area contributed by atoms with Crippen LogP contribution < -0.4 is 5.32 Å². The zero-order valence-electron chi connectivity index (χ0n) is 13.2. The first-order valence-corrected chi connectivity index (χ1v) is 7.30. The third kappa shape index (κ3) is 3.03. The maximum absolute atomic E-state index is 13.4. The third-order valence-electron chi connectivity index (χ3n) is 3.73. The van der Waals surface area contributed by atoms with Gasteiger partial charge in [0.2, 0.25) is 0 Å². The molecule has 1 heterocycles. The first-order valence-electron chi connectivity index (χ1n) is 7.30. The van der Waals surface area contributed by atoms with Crippen molar-refractivity contribution >= 4 is 11.7 Å². The molecule has 2 aromatic carbocycles. The SMILES string of the molecule is Cc1ccc(F)cc1C(=O)Nc1c(-c2ccc(F)cc2)ncn1C. The number of hydrogen-bond acceptors (Lipinski definition) is 2. The summed E-state index contributed by atoms with van der Waals surface area (Å²) >= 11 is 0. The highest BCUT2D eigenvalue weighted by molar-refractivity contribution is 6.06. The van der Waals surface area contributed by atoms with Crippen LogP contribution in [0.1, 0.15) is 15.9 Å². The zero-order valence-corrected chi connectivity index (χ0v) is 13.2. The second-order valence-electron chi connectivity index (χ2n) is 5.47. The Morgan fingerprint density at radius 2 is 1.75 bits per heavy atom. The minimum Gasteiger partial charge on any atom is -0.320 e. The number of aryl methyl sites for hydroxylation is 2. The molecule has 0 saturated carbocycles. The summed E-state index contributed by atoms with van der Waals surface area (Å²) in [6.45, 7) is 1.73. The molecule has 0 bridgehead atoms. The van der Waals surface area contributed by atoms with Crippen molar-refractivity contribution in [1.82, 2.24) is 9.55 Å². The quantitative estimate of drug-likeness (QED) is 0.792. The molecule has 0 saturated heterocycles. The van der Waals surface area contributed by atoms with Gasteiger partial charge in [-0.2, -0.15) is 0 Å². The molecule has 6 heteroatoms. The largest absolute Gasteiger partial charge is 0.320 e. The molecule has 0 atom stereocenters. The standard InChI is InChI=1S/C18H15F2N3O/c1-11-3-6-14(20)9-15(11)18(24)22-17-16(21-10-23(17)2)12-4-7-13(19)8-5-12/h3-10H,1-2H3,(H,22,24). The van der Waals surface area contributed by atoms with Crippen molar-refractivity contribution in [3.63, 3.8) is 0 Å². The fourth-order valence-corrected chi connectivity index (χ4v) is 2.41. The van der Waals surface area contributed by atoms with Crippen LogP contribution in [0.4, 0.5) is 14.6 Å². The van der Waals surface area contributed by atoms with Crippen LogP contribution in [0.3, 0.4) is 0 Å². The Morgan fingerprint density at radius 1 is 1.08 bits per heavy atom. The van der Waals surface area contributed by atoms with E-state index in [9.17, 15) is 13.6 Å². The summed E-state index contributed by atoms with van der Waals surface area (Å²) in [5.41, 5.74) is 2.10. The smallest absolute Gasteiger partial charge is 0.257 e. The van der Waals surface area contributed by atoms with Crippen molar-refractivity contribution in [2.45, 2.75) is 6.92 Å². The highest BCUT2D eigenvalue weighted by Gasteiger charge is 2.17. The van der Waals surface area contributed by atoms with Gasteiger partial charge in [0.15, 0.2) is 0 Å². The maximum atomic E-state index is 13.4. The fourth-order valence-electron chi connectivity index (χ4n) is 2.41. The molecule has 0 aliphatic rings. The summed E-state index contributed by atoms with van der Waals surface area (Å²) in [6.07, 6.45) is 1.55. The molecule has 24 heavy (non-hydrogen) atoms. The van der Waals surface area contributed by atoms with Gasteiger partial charge in [-0.3, -0.25) is 4.79 Å². The topological polar surface area (TPSA) is 46.9 Å². The number of aromatic nitrogens is 2. The molecule has 0 aliphatic heterocycles. The predicted octanol–water partition coefficient (Wildman–Crippen LogP) is 3.93. The van der Waals surface area contributed by atoms with Crippen molar-refractivity contribution in [2.75, 3.05) is 5.32 Å². The minimum absolute atomic E-state index is 0.251. The summed E-state index contributed by atoms with van der Waals surface area (Å²) in [7, 11) is 1.73. The van der Waals surface area contributed by atoms with Gasteiger partial charge in [-0.25, -0.2) is 13.8 Å². The highest BCUT2D eigenvalue weighted by Crippen LogP contribution is 2.27. The second-order valence-corrected chi connectivity index (χ2v) is 5.47. The van der Waals surface area contributed by atoms with Crippen molar-refractivity contribution in [2.24, 2.45) is 7.05 Å². The highest BCUT2D eigenvalue weighted by atomic mass is 19.1. The number of amides is 1. The third-order valence-corrected chi connectivity index (χ3v) is 3.73. The molecule has 0 unspecified atom stereocenters. The normalized spacial score (nSPS) is 10.7. The first kappa shape index (κ1) is 15.9. The Balaban J connectivity index is 1.96. The molecule has 0 fully saturated rings. The summed E-state index contributed by atoms with van der Waals surface area (Å²) in [4.78, 5) is 16.8. The average molecular weight is 327 g/mol. The Hall–Kier alpha value is -3.02. The molecule has 0 spiro atoms. The van der Waals surface area contributed by atoms with Crippen molar-refractivity contribution in [3.8, 4) is 11.3 Å². The number of nitrogens with one attached hydrogen (secondary N) is 1. The van der Waals surface area contributed by atoms with E-state index in [-0.39, 0.29) is 11.4 Å². The number of rotatable bonds is 3. The monoisotopic (exact) mass is 327 g/mol. The molecular weight excluding hydrogens is 312 g/mol. The number of hydrogen-bond donors (Lipinski definition) is 1. The Bertz CT molecular complexity index is 901. The van der Waals surface area contributed by atoms with E-state index in [0.29, 0.717) is 22.6 Å². The van der Waals surface area contributed by atoms with Crippen LogP contribution in [0.25, 0.3) is 11.3 Å². The lowest BCUT2D eigenvalue weighted by Gasteiger charge is -2.10. The molecule has 1 aromatic heterocycles. The average Bonchev–Trinajstić information content (AvgIpc) is 2.91. The zero-order chi connectivity index (χ0) is 17.3. The van der Waals surface area contributed by atoms with E-state index >= 15 is 0 Å². The number of halogens is 2. The van der Waals surface area contributed by atoms with Crippen molar-refractivity contribution in [3.05, 3.63) is 71.6 Å². The summed E-state index contributed by atoms with van der Waals surface area (Å²) in [6, 6.07) is 9.87. The number of nitrogens with zero attached hydrogens (tertiary/aromatic N) is 2. The molecule has 0 radical (unpaired) electrons. The van der Waals surface area contributed by atoms with Crippen LogP contribution in [0, 0.1) is 18.6 Å². The van der Waals surface area contributed by atoms with Crippen LogP contribution in [0.5, 0.6) is 0 Å². The Kier molecular flexibility index (Phi) is 4.12. The lowest BCUT2D eigenvalue weighted by Crippen LogP contribution is -2.16. The Morgan fingerprint density at radius 3 is 2.46 bits per heavy atom. The van der Waals surface area contributed by atoms with Gasteiger partial charge in [0, 0.05) is 18.2 Å². The summed E-state index contributed by atoms with van der Waals surface area (Å²) < 4.78 is 28.1. The molecule has 1 amide bonds. The van der Waals surface area contributed by atoms with Gasteiger partial charge in [-0.05, 0) is 48.9 Å². The molecule has 1 N–H and O–H groups in total. The van der Waals surface area contributed by atoms with Gasteiger partial charge in [0.1, 0.15) is 23.1 Å². The molecular formula is C18H15F2N3O. The van der Waals surface area contributed by atoms with Gasteiger partial charge in [0.05, 0.1) is 6.33 Å². The van der Waals surface area contributed by atoms with Crippen LogP contribution in [-0.4, -0.2) is 15.5 Å². The molecule has 3 rings (SSSR count). The molecule has 122 valence electrons. The van der Waals surface area contributed by atoms with Crippen LogP contribution >= 0.6 is 0 Å². The Labute approximate surface area is 137 Å². The molecule has 3 aromatic rings. The lowest BCUT2D eigenvalue weighted by atomic mass is 10.1. The van der Waals surface area contributed by atoms with E-state index in [4.69, 9.17) is 0 Å². The van der Waals surface area contributed by atoms with Crippen LogP contribution in [0.2, 0.25) is 0 Å². The fraction of sp³-hybridized carbons (Fsp3) is 0.111. The predicted molar refractivity (Wildman–Crippen MR) is 87.7 cm³/mol. The molecule has 0 aliphatic carbocycles. The van der Waals surface area contributed by atoms with Crippen molar-refractivity contribution in [1.29, 1.82) is 0 Å². The summed E-state index contributed by atoms with van der Waals surface area (Å²) in [5.74, 6) is -0.806. The molecule has 4 nitrogen and oxygen atoms in total. The second kappa shape index (κ2) is 6.23. The van der Waals surface area contributed by atoms with Gasteiger partial charge >= 0.3 is 0 Å². The lowest BCUT2D eigenvalue weighted by molar-refractivity contribution is 0.102. The van der Waals surface area contributed by atoms with Crippen LogP contribution in [0.15, 0.2) is 48.8 Å². The van der Waals surface area contributed by atoms with E-state index in [1.165, 1.54) is 24.3 Å². The van der Waals surface area contributed by atoms with Crippen molar-refractivity contribution < 1.29 is 13.6 Å². The van der Waals surface area contributed by atoms with Gasteiger partial charge in [-0.1, -0.05) is 6.07 Å². The van der Waals surface area contributed by atoms with E-state index in [0.717, 1.165) is 0 Å². The minimum atomic E-state index is -0.477. The van der Waals surface area contributed by atoms with Crippen LogP contribution in [-0.2, 0) is 7.05 Å². The summed E-state index contributed by atoms with van der Waals surface area (Å²) in [5, 5.41) is 2.76. The van der Waals surface area contributed by atoms with E-state index in [1.54, 1.807) is 43.1 Å².